The van der Waals surface area contributed by atoms with Crippen LogP contribution in [-0.4, -0.2) is 153 Å². The SMILES string of the molecule is COC1C=C2C3CC(C)(C)CCC3(CO)[C@@H](O)C[C@@]2(C)[C@]2(C)CCC3[C@](C)(CCC(O[C@H]4O[C@H](C)[C@H](O)[C@H](O[C@@H]5O[C@H](CO)[C@@H](O)[C@H](O)[C@H]5O)[C@H]4O)[C@@]3(C)CO)C12. The van der Waals surface area contributed by atoms with Crippen molar-refractivity contribution in [3.05, 3.63) is 11.6 Å². The molecule has 2 heterocycles. The van der Waals surface area contributed by atoms with Gasteiger partial charge in [0, 0.05) is 23.9 Å². The second-order valence-electron chi connectivity index (χ2n) is 21.0. The van der Waals surface area contributed by atoms with E-state index in [1.165, 1.54) is 5.57 Å². The maximum atomic E-state index is 12.1. The molecule has 0 spiro atoms. The number of aliphatic hydroxyl groups excluding tert-OH is 9. The minimum absolute atomic E-state index is 0.0303. The first kappa shape index (κ1) is 44.2. The molecule has 0 bridgehead atoms. The molecule has 6 fully saturated rings. The zero-order chi connectivity index (χ0) is 41.8. The third-order valence-electron chi connectivity index (χ3n) is 17.7. The molecule has 0 radical (unpaired) electrons. The Morgan fingerprint density at radius 3 is 2.05 bits per heavy atom. The quantitative estimate of drug-likeness (QED) is 0.125. The Labute approximate surface area is 337 Å². The third-order valence-corrected chi connectivity index (χ3v) is 17.7. The molecule has 5 aliphatic carbocycles. The van der Waals surface area contributed by atoms with Gasteiger partial charge in [0.1, 0.15) is 42.7 Å². The largest absolute Gasteiger partial charge is 0.396 e. The number of aliphatic hydroxyl groups is 9. The van der Waals surface area contributed by atoms with E-state index in [2.05, 4.69) is 40.7 Å². The number of ether oxygens (including phenoxy) is 5. The molecule has 21 atom stereocenters. The summed E-state index contributed by atoms with van der Waals surface area (Å²) in [5.41, 5.74) is -0.934. The number of allylic oxidation sites excluding steroid dienone is 1. The van der Waals surface area contributed by atoms with Crippen molar-refractivity contribution in [3.8, 4) is 0 Å². The molecule has 57 heavy (non-hydrogen) atoms. The summed E-state index contributed by atoms with van der Waals surface area (Å²) in [6, 6.07) is 0. The highest BCUT2D eigenvalue weighted by molar-refractivity contribution is 5.37. The van der Waals surface area contributed by atoms with Gasteiger partial charge in [-0.05, 0) is 91.8 Å². The number of rotatable bonds is 8. The van der Waals surface area contributed by atoms with Crippen molar-refractivity contribution in [2.24, 2.45) is 50.2 Å². The molecule has 6 unspecified atom stereocenters. The van der Waals surface area contributed by atoms with Gasteiger partial charge in [0.2, 0.25) is 0 Å². The lowest BCUT2D eigenvalue weighted by Crippen LogP contribution is -2.70. The van der Waals surface area contributed by atoms with Crippen LogP contribution >= 0.6 is 0 Å². The first-order valence-electron chi connectivity index (χ1n) is 21.4. The van der Waals surface area contributed by atoms with Crippen LogP contribution in [0.3, 0.4) is 0 Å². The van der Waals surface area contributed by atoms with E-state index in [0.29, 0.717) is 12.8 Å². The van der Waals surface area contributed by atoms with Gasteiger partial charge >= 0.3 is 0 Å². The maximum absolute atomic E-state index is 12.1. The van der Waals surface area contributed by atoms with Gasteiger partial charge in [0.05, 0.1) is 44.2 Å². The van der Waals surface area contributed by atoms with E-state index in [9.17, 15) is 46.0 Å². The summed E-state index contributed by atoms with van der Waals surface area (Å²) in [7, 11) is 1.78. The summed E-state index contributed by atoms with van der Waals surface area (Å²) in [6.07, 6.45) is -7.49. The normalized spacial score (nSPS) is 56.1. The van der Waals surface area contributed by atoms with Crippen LogP contribution in [0.25, 0.3) is 0 Å². The molecular formula is C43H72O14. The minimum atomic E-state index is -1.74. The molecule has 2 aliphatic heterocycles. The summed E-state index contributed by atoms with van der Waals surface area (Å²) in [6.45, 7) is 14.4. The van der Waals surface area contributed by atoms with E-state index in [1.807, 2.05) is 6.92 Å². The smallest absolute Gasteiger partial charge is 0.187 e. The van der Waals surface area contributed by atoms with Gasteiger partial charge in [-0.25, -0.2) is 0 Å². The fraction of sp³-hybridized carbons (Fsp3) is 0.953. The first-order valence-corrected chi connectivity index (χ1v) is 21.4. The fourth-order valence-corrected chi connectivity index (χ4v) is 14.0. The van der Waals surface area contributed by atoms with E-state index < -0.39 is 91.1 Å². The maximum Gasteiger partial charge on any atom is 0.187 e. The van der Waals surface area contributed by atoms with Crippen LogP contribution in [0.1, 0.15) is 99.8 Å². The summed E-state index contributed by atoms with van der Waals surface area (Å²) in [5.74, 6) is 0.0264. The van der Waals surface area contributed by atoms with Crippen molar-refractivity contribution in [1.29, 1.82) is 0 Å². The highest BCUT2D eigenvalue weighted by Gasteiger charge is 2.72. The minimum Gasteiger partial charge on any atom is -0.396 e. The van der Waals surface area contributed by atoms with Gasteiger partial charge in [-0.1, -0.05) is 53.2 Å². The van der Waals surface area contributed by atoms with Crippen LogP contribution < -0.4 is 0 Å². The van der Waals surface area contributed by atoms with Crippen LogP contribution in [-0.2, 0) is 23.7 Å². The summed E-state index contributed by atoms with van der Waals surface area (Å²) in [4.78, 5) is 0. The summed E-state index contributed by atoms with van der Waals surface area (Å²) >= 11 is 0. The molecule has 7 rings (SSSR count). The van der Waals surface area contributed by atoms with E-state index >= 15 is 0 Å². The summed E-state index contributed by atoms with van der Waals surface area (Å²) in [5, 5.41) is 98.1. The van der Waals surface area contributed by atoms with E-state index in [-0.39, 0.29) is 58.7 Å². The van der Waals surface area contributed by atoms with Gasteiger partial charge in [-0.2, -0.15) is 0 Å². The predicted octanol–water partition coefficient (Wildman–Crippen LogP) is 1.39. The molecule has 4 saturated carbocycles. The van der Waals surface area contributed by atoms with Crippen molar-refractivity contribution in [3.63, 3.8) is 0 Å². The highest BCUT2D eigenvalue weighted by Crippen LogP contribution is 2.76. The Balaban J connectivity index is 1.17. The molecule has 14 heteroatoms. The first-order chi connectivity index (χ1) is 26.6. The van der Waals surface area contributed by atoms with E-state index in [4.69, 9.17) is 23.7 Å². The van der Waals surface area contributed by atoms with Crippen molar-refractivity contribution in [2.45, 2.75) is 180 Å². The van der Waals surface area contributed by atoms with Gasteiger partial charge in [0.25, 0.3) is 0 Å². The average molecular weight is 813 g/mol. The second kappa shape index (κ2) is 15.2. The zero-order valence-corrected chi connectivity index (χ0v) is 35.2. The lowest BCUT2D eigenvalue weighted by atomic mass is 9.32. The van der Waals surface area contributed by atoms with Crippen LogP contribution in [0.15, 0.2) is 11.6 Å². The van der Waals surface area contributed by atoms with Crippen LogP contribution in [0.5, 0.6) is 0 Å². The van der Waals surface area contributed by atoms with Crippen molar-refractivity contribution < 1.29 is 69.6 Å². The van der Waals surface area contributed by atoms with Gasteiger partial charge in [-0.15, -0.1) is 0 Å². The molecule has 14 nitrogen and oxygen atoms in total. The van der Waals surface area contributed by atoms with Gasteiger partial charge < -0.3 is 69.6 Å². The molecule has 7 aliphatic rings. The van der Waals surface area contributed by atoms with Crippen LogP contribution in [0.2, 0.25) is 0 Å². The van der Waals surface area contributed by atoms with E-state index in [1.54, 1.807) is 14.0 Å². The number of fused-ring (bicyclic) bond motifs is 7. The second-order valence-corrected chi connectivity index (χ2v) is 21.0. The Bertz CT molecular complexity index is 1490. The van der Waals surface area contributed by atoms with Crippen molar-refractivity contribution >= 4 is 0 Å². The molecule has 328 valence electrons. The Morgan fingerprint density at radius 2 is 1.42 bits per heavy atom. The standard InChI is InChI=1S/C43H72O14/c1-21-29(48)34(57-36-32(51)31(50)30(49)25(18-44)55-36)33(52)37(54-21)56-28-10-11-39(4)26(40(28,5)19-45)9-12-41(6)35(39)24(53-8)15-22-23-16-38(2,3)13-14-43(23,20-46)27(47)17-42(22,41)7/h15,21,23-37,44-52H,9-14,16-20H2,1-8H3/t21-,23?,24?,25-,26?,27+,28?,29+,30-,31+,32-,33-,34+,35?,36+,37-,39+,40+,41-,42-,43?/m1/s1. The Morgan fingerprint density at radius 1 is 0.737 bits per heavy atom. The third kappa shape index (κ3) is 6.48. The molecule has 0 aromatic carbocycles. The molecular weight excluding hydrogens is 740 g/mol. The molecule has 0 aromatic heterocycles. The molecule has 0 amide bonds. The van der Waals surface area contributed by atoms with Crippen molar-refractivity contribution in [2.75, 3.05) is 26.9 Å². The number of hydrogen-bond donors (Lipinski definition) is 9. The predicted molar refractivity (Wildman–Crippen MR) is 205 cm³/mol. The fourth-order valence-electron chi connectivity index (χ4n) is 14.0. The Hall–Kier alpha value is -0.820. The van der Waals surface area contributed by atoms with Crippen LogP contribution in [0.4, 0.5) is 0 Å². The molecule has 9 N–H and O–H groups in total. The lowest BCUT2D eigenvalue weighted by Gasteiger charge is -2.73. The summed E-state index contributed by atoms with van der Waals surface area (Å²) < 4.78 is 30.6. The van der Waals surface area contributed by atoms with Gasteiger partial charge in [0.15, 0.2) is 12.6 Å². The zero-order valence-electron chi connectivity index (χ0n) is 35.2. The topological polar surface area (TPSA) is 228 Å². The highest BCUT2D eigenvalue weighted by atomic mass is 16.7. The number of hydrogen-bond acceptors (Lipinski definition) is 14. The molecule has 2 saturated heterocycles. The monoisotopic (exact) mass is 812 g/mol. The van der Waals surface area contributed by atoms with Gasteiger partial charge in [-0.3, -0.25) is 0 Å². The molecule has 0 aromatic rings. The number of methoxy groups -OCH3 is 1. The van der Waals surface area contributed by atoms with Crippen molar-refractivity contribution in [1.82, 2.24) is 0 Å². The van der Waals surface area contributed by atoms with E-state index in [0.717, 1.165) is 38.5 Å². The van der Waals surface area contributed by atoms with Crippen LogP contribution in [0, 0.1) is 50.2 Å². The average Bonchev–Trinajstić information content (AvgIpc) is 3.16. The Kier molecular flexibility index (Phi) is 11.8. The lowest BCUT2D eigenvalue weighted by molar-refractivity contribution is -0.368.